The van der Waals surface area contributed by atoms with Crippen molar-refractivity contribution in [2.75, 3.05) is 12.4 Å². The topological polar surface area (TPSA) is 80.3 Å². The van der Waals surface area contributed by atoms with Gasteiger partial charge in [-0.1, -0.05) is 23.2 Å². The van der Waals surface area contributed by atoms with E-state index in [-0.39, 0.29) is 10.0 Å². The molecule has 2 N–H and O–H groups in total. The molecule has 0 aromatic carbocycles. The molecule has 0 fully saturated rings. The van der Waals surface area contributed by atoms with E-state index in [1.54, 1.807) is 5.32 Å². The standard InChI is InChI=1S/C11H10Cl2F3N3O3/c1-5(20)18-10(9(21)22-2,11(14,15)16)19-8-7(13)3-6(12)4-17-8/h3-4H,1-2H3,(H,17,19)(H,18,20). The number of nitrogens with zero attached hydrogens (tertiary/aromatic N) is 1. The van der Waals surface area contributed by atoms with E-state index in [1.807, 2.05) is 0 Å². The molecule has 1 aromatic rings. The van der Waals surface area contributed by atoms with Gasteiger partial charge in [0.25, 0.3) is 0 Å². The molecule has 11 heteroatoms. The molecule has 0 saturated heterocycles. The van der Waals surface area contributed by atoms with Crippen molar-refractivity contribution in [1.82, 2.24) is 10.3 Å². The summed E-state index contributed by atoms with van der Waals surface area (Å²) in [7, 11) is 0.739. The number of hydrogen-bond donors (Lipinski definition) is 2. The first-order valence-electron chi connectivity index (χ1n) is 5.56. The largest absolute Gasteiger partial charge is 0.466 e. The third kappa shape index (κ3) is 3.72. The second-order valence-electron chi connectivity index (χ2n) is 4.03. The maximum Gasteiger partial charge on any atom is 0.441 e. The number of esters is 1. The maximum atomic E-state index is 13.4. The quantitative estimate of drug-likeness (QED) is 0.637. The van der Waals surface area contributed by atoms with E-state index in [1.165, 1.54) is 5.32 Å². The van der Waals surface area contributed by atoms with Gasteiger partial charge in [0.15, 0.2) is 0 Å². The number of pyridine rings is 1. The Morgan fingerprint density at radius 2 is 1.91 bits per heavy atom. The van der Waals surface area contributed by atoms with Crippen LogP contribution in [0, 0.1) is 0 Å². The highest BCUT2D eigenvalue weighted by Crippen LogP contribution is 2.34. The number of ether oxygens (including phenoxy) is 1. The summed E-state index contributed by atoms with van der Waals surface area (Å²) in [5, 5.41) is 3.06. The van der Waals surface area contributed by atoms with Crippen LogP contribution in [0.4, 0.5) is 19.0 Å². The predicted molar refractivity (Wildman–Crippen MR) is 72.5 cm³/mol. The van der Waals surface area contributed by atoms with Crippen molar-refractivity contribution in [3.8, 4) is 0 Å². The van der Waals surface area contributed by atoms with Gasteiger partial charge < -0.3 is 15.4 Å². The average molecular weight is 360 g/mol. The van der Waals surface area contributed by atoms with E-state index in [4.69, 9.17) is 23.2 Å². The number of nitrogens with one attached hydrogen (secondary N) is 2. The molecule has 1 aromatic heterocycles. The first kappa shape index (κ1) is 18.3. The molecule has 122 valence electrons. The molecular weight excluding hydrogens is 350 g/mol. The fraction of sp³-hybridized carbons (Fsp3) is 0.364. The zero-order chi connectivity index (χ0) is 17.1. The third-order valence-corrected chi connectivity index (χ3v) is 2.89. The van der Waals surface area contributed by atoms with E-state index >= 15 is 0 Å². The highest BCUT2D eigenvalue weighted by molar-refractivity contribution is 6.36. The second-order valence-corrected chi connectivity index (χ2v) is 4.87. The van der Waals surface area contributed by atoms with E-state index < -0.39 is 29.5 Å². The Balaban J connectivity index is 3.41. The van der Waals surface area contributed by atoms with Crippen LogP contribution in [0.2, 0.25) is 10.0 Å². The van der Waals surface area contributed by atoms with Gasteiger partial charge in [0.05, 0.1) is 17.2 Å². The molecule has 1 rings (SSSR count). The number of carbonyl (C=O) groups is 2. The lowest BCUT2D eigenvalue weighted by atomic mass is 10.1. The van der Waals surface area contributed by atoms with Crippen molar-refractivity contribution >= 4 is 40.9 Å². The average Bonchev–Trinajstić information content (AvgIpc) is 2.38. The molecule has 0 saturated carbocycles. The number of hydrogen-bond acceptors (Lipinski definition) is 5. The molecule has 0 aliphatic heterocycles. The van der Waals surface area contributed by atoms with E-state index in [0.29, 0.717) is 0 Å². The smallest absolute Gasteiger partial charge is 0.441 e. The van der Waals surface area contributed by atoms with Gasteiger partial charge in [-0.05, 0) is 6.07 Å². The predicted octanol–water partition coefficient (Wildman–Crippen LogP) is 2.37. The molecule has 0 radical (unpaired) electrons. The number of rotatable bonds is 4. The summed E-state index contributed by atoms with van der Waals surface area (Å²) >= 11 is 11.3. The fourth-order valence-electron chi connectivity index (χ4n) is 1.49. The van der Waals surface area contributed by atoms with Crippen molar-refractivity contribution in [2.45, 2.75) is 18.8 Å². The zero-order valence-electron chi connectivity index (χ0n) is 11.2. The molecule has 0 bridgehead atoms. The van der Waals surface area contributed by atoms with Crippen LogP contribution in [-0.4, -0.2) is 35.8 Å². The van der Waals surface area contributed by atoms with Gasteiger partial charge in [0.1, 0.15) is 5.82 Å². The zero-order valence-corrected chi connectivity index (χ0v) is 12.7. The van der Waals surface area contributed by atoms with Crippen molar-refractivity contribution in [2.24, 2.45) is 0 Å². The Hall–Kier alpha value is -1.74. The molecule has 1 atom stereocenters. The van der Waals surface area contributed by atoms with Gasteiger partial charge in [0.2, 0.25) is 5.91 Å². The maximum absolute atomic E-state index is 13.4. The minimum Gasteiger partial charge on any atom is -0.466 e. The van der Waals surface area contributed by atoms with Crippen molar-refractivity contribution in [1.29, 1.82) is 0 Å². The van der Waals surface area contributed by atoms with Crippen LogP contribution in [0.3, 0.4) is 0 Å². The third-order valence-electron chi connectivity index (χ3n) is 2.39. The minimum atomic E-state index is -5.24. The number of aromatic nitrogens is 1. The van der Waals surface area contributed by atoms with Crippen LogP contribution in [0.25, 0.3) is 0 Å². The van der Waals surface area contributed by atoms with Crippen molar-refractivity contribution in [3.05, 3.63) is 22.3 Å². The lowest BCUT2D eigenvalue weighted by Crippen LogP contribution is -2.69. The van der Waals surface area contributed by atoms with Gasteiger partial charge in [-0.25, -0.2) is 9.78 Å². The van der Waals surface area contributed by atoms with E-state index in [0.717, 1.165) is 26.3 Å². The Kier molecular flexibility index (Phi) is 5.47. The van der Waals surface area contributed by atoms with Gasteiger partial charge in [-0.3, -0.25) is 4.79 Å². The molecule has 0 spiro atoms. The van der Waals surface area contributed by atoms with Crippen LogP contribution in [-0.2, 0) is 14.3 Å². The van der Waals surface area contributed by atoms with Crippen LogP contribution in [0.5, 0.6) is 0 Å². The first-order valence-corrected chi connectivity index (χ1v) is 6.32. The number of halogens is 5. The van der Waals surface area contributed by atoms with Crippen molar-refractivity contribution in [3.63, 3.8) is 0 Å². The molecular formula is C11H10Cl2F3N3O3. The number of methoxy groups -OCH3 is 1. The summed E-state index contributed by atoms with van der Waals surface area (Å²) in [6.07, 6.45) is -4.22. The highest BCUT2D eigenvalue weighted by Gasteiger charge is 2.63. The summed E-state index contributed by atoms with van der Waals surface area (Å²) in [6, 6.07) is 1.12. The molecule has 22 heavy (non-hydrogen) atoms. The Morgan fingerprint density at radius 3 is 2.32 bits per heavy atom. The molecule has 0 aliphatic rings. The van der Waals surface area contributed by atoms with Gasteiger partial charge in [-0.15, -0.1) is 0 Å². The lowest BCUT2D eigenvalue weighted by Gasteiger charge is -2.34. The molecule has 1 amide bonds. The van der Waals surface area contributed by atoms with Crippen molar-refractivity contribution < 1.29 is 27.5 Å². The van der Waals surface area contributed by atoms with E-state index in [9.17, 15) is 22.8 Å². The van der Waals surface area contributed by atoms with Crippen LogP contribution < -0.4 is 10.6 Å². The van der Waals surface area contributed by atoms with E-state index in [2.05, 4.69) is 9.72 Å². The highest BCUT2D eigenvalue weighted by atomic mass is 35.5. The summed E-state index contributed by atoms with van der Waals surface area (Å²) in [5.74, 6) is -3.43. The Bertz CT molecular complexity index is 598. The first-order chi connectivity index (χ1) is 10.0. The number of amides is 1. The minimum absolute atomic E-state index is 0.0748. The SMILES string of the molecule is COC(=O)C(NC(C)=O)(Nc1ncc(Cl)cc1Cl)C(F)(F)F. The Labute approximate surface area is 132 Å². The number of alkyl halides is 3. The Morgan fingerprint density at radius 1 is 1.32 bits per heavy atom. The van der Waals surface area contributed by atoms with Crippen LogP contribution >= 0.6 is 23.2 Å². The molecule has 1 heterocycles. The van der Waals surface area contributed by atoms with Gasteiger partial charge in [0, 0.05) is 13.1 Å². The summed E-state index contributed by atoms with van der Waals surface area (Å²) < 4.78 is 44.3. The van der Waals surface area contributed by atoms with Gasteiger partial charge in [-0.2, -0.15) is 13.2 Å². The molecule has 6 nitrogen and oxygen atoms in total. The monoisotopic (exact) mass is 359 g/mol. The normalized spacial score (nSPS) is 14.0. The van der Waals surface area contributed by atoms with Crippen LogP contribution in [0.1, 0.15) is 6.92 Å². The van der Waals surface area contributed by atoms with Gasteiger partial charge >= 0.3 is 17.8 Å². The number of carbonyl (C=O) groups excluding carboxylic acids is 2. The second kappa shape index (κ2) is 6.57. The lowest BCUT2D eigenvalue weighted by molar-refractivity contribution is -0.206. The van der Waals surface area contributed by atoms with Crippen LogP contribution in [0.15, 0.2) is 12.3 Å². The fourth-order valence-corrected chi connectivity index (χ4v) is 1.92. The molecule has 0 aliphatic carbocycles. The summed E-state index contributed by atoms with van der Waals surface area (Å²) in [6.45, 7) is 0.808. The summed E-state index contributed by atoms with van der Waals surface area (Å²) in [5.41, 5.74) is -3.54. The summed E-state index contributed by atoms with van der Waals surface area (Å²) in [4.78, 5) is 26.4. The number of anilines is 1. The molecule has 1 unspecified atom stereocenters.